The zero-order valence-electron chi connectivity index (χ0n) is 12.7. The highest BCUT2D eigenvalue weighted by Crippen LogP contribution is 2.37. The van der Waals surface area contributed by atoms with Crippen molar-refractivity contribution < 1.29 is 13.6 Å². The first-order valence-electron chi connectivity index (χ1n) is 7.75. The number of rotatable bonds is 2. The second-order valence-electron chi connectivity index (χ2n) is 5.80. The van der Waals surface area contributed by atoms with Crippen molar-refractivity contribution in [3.63, 3.8) is 0 Å². The fourth-order valence-corrected chi connectivity index (χ4v) is 4.23. The summed E-state index contributed by atoms with van der Waals surface area (Å²) in [5.74, 6) is -1.79. The lowest BCUT2D eigenvalue weighted by Gasteiger charge is -2.23. The number of nitrogens with zero attached hydrogens (tertiary/aromatic N) is 2. The zero-order chi connectivity index (χ0) is 16.7. The van der Waals surface area contributed by atoms with Crippen LogP contribution in [0.4, 0.5) is 8.78 Å². The molecule has 4 rings (SSSR count). The molecule has 0 N–H and O–H groups in total. The maximum Gasteiger partial charge on any atom is 0.257 e. The van der Waals surface area contributed by atoms with Crippen LogP contribution in [0.5, 0.6) is 0 Å². The van der Waals surface area contributed by atoms with Crippen LogP contribution >= 0.6 is 11.3 Å². The molecule has 6 heteroatoms. The highest BCUT2D eigenvalue weighted by Gasteiger charge is 2.33. The van der Waals surface area contributed by atoms with Gasteiger partial charge in [0.25, 0.3) is 5.91 Å². The molecule has 1 amide bonds. The van der Waals surface area contributed by atoms with Gasteiger partial charge in [0.05, 0.1) is 21.8 Å². The molecule has 3 nitrogen and oxygen atoms in total. The standard InChI is InChI=1S/C18H14F2N2OS/c19-11-7-8-13(20)12(10-11)18(23)22-9-3-5-15(22)17-21-14-4-1-2-6-16(14)24-17/h1-2,4,6-8,10,15H,3,5,9H2. The Morgan fingerprint density at radius 3 is 2.88 bits per heavy atom. The number of hydrogen-bond donors (Lipinski definition) is 0. The molecule has 1 fully saturated rings. The van der Waals surface area contributed by atoms with Gasteiger partial charge in [-0.25, -0.2) is 13.8 Å². The Morgan fingerprint density at radius 1 is 1.21 bits per heavy atom. The average Bonchev–Trinajstić information content (AvgIpc) is 3.22. The van der Waals surface area contributed by atoms with Crippen molar-refractivity contribution in [2.75, 3.05) is 6.54 Å². The first kappa shape index (κ1) is 15.2. The fraction of sp³-hybridized carbons (Fsp3) is 0.222. The Morgan fingerprint density at radius 2 is 2.04 bits per heavy atom. The molecule has 0 radical (unpaired) electrons. The summed E-state index contributed by atoms with van der Waals surface area (Å²) in [7, 11) is 0. The molecule has 1 atom stereocenters. The number of aromatic nitrogens is 1. The smallest absolute Gasteiger partial charge is 0.257 e. The van der Waals surface area contributed by atoms with Crippen molar-refractivity contribution in [1.82, 2.24) is 9.88 Å². The van der Waals surface area contributed by atoms with E-state index >= 15 is 0 Å². The Balaban J connectivity index is 1.69. The highest BCUT2D eigenvalue weighted by molar-refractivity contribution is 7.18. The summed E-state index contributed by atoms with van der Waals surface area (Å²) in [4.78, 5) is 18.9. The topological polar surface area (TPSA) is 33.2 Å². The highest BCUT2D eigenvalue weighted by atomic mass is 32.1. The Kier molecular flexibility index (Phi) is 3.76. The number of carbonyl (C=O) groups excluding carboxylic acids is 1. The number of benzene rings is 2. The predicted octanol–water partition coefficient (Wildman–Crippen LogP) is 4.55. The van der Waals surface area contributed by atoms with E-state index in [0.29, 0.717) is 6.54 Å². The largest absolute Gasteiger partial charge is 0.329 e. The molecular weight excluding hydrogens is 330 g/mol. The summed E-state index contributed by atoms with van der Waals surface area (Å²) in [6.07, 6.45) is 1.60. The van der Waals surface area contributed by atoms with Crippen LogP contribution in [-0.4, -0.2) is 22.3 Å². The third-order valence-corrected chi connectivity index (χ3v) is 5.41. The third kappa shape index (κ3) is 2.57. The third-order valence-electron chi connectivity index (χ3n) is 4.27. The van der Waals surface area contributed by atoms with Gasteiger partial charge in [-0.3, -0.25) is 4.79 Å². The molecule has 2 heterocycles. The van der Waals surface area contributed by atoms with Gasteiger partial charge in [-0.2, -0.15) is 0 Å². The zero-order valence-corrected chi connectivity index (χ0v) is 13.5. The van der Waals surface area contributed by atoms with Crippen molar-refractivity contribution in [2.24, 2.45) is 0 Å². The molecule has 1 aliphatic rings. The quantitative estimate of drug-likeness (QED) is 0.683. The molecule has 3 aromatic rings. The molecule has 1 aliphatic heterocycles. The van der Waals surface area contributed by atoms with Gasteiger partial charge in [-0.15, -0.1) is 11.3 Å². The summed E-state index contributed by atoms with van der Waals surface area (Å²) in [5.41, 5.74) is 0.678. The maximum absolute atomic E-state index is 13.9. The molecular formula is C18H14F2N2OS. The van der Waals surface area contributed by atoms with Crippen LogP contribution in [0, 0.1) is 11.6 Å². The van der Waals surface area contributed by atoms with E-state index < -0.39 is 17.5 Å². The van der Waals surface area contributed by atoms with Crippen molar-refractivity contribution in [1.29, 1.82) is 0 Å². The first-order chi connectivity index (χ1) is 11.6. The van der Waals surface area contributed by atoms with E-state index in [1.165, 1.54) is 0 Å². The van der Waals surface area contributed by atoms with Gasteiger partial charge in [-0.05, 0) is 43.2 Å². The van der Waals surface area contributed by atoms with Gasteiger partial charge in [0, 0.05) is 6.54 Å². The van der Waals surface area contributed by atoms with Gasteiger partial charge < -0.3 is 4.90 Å². The van der Waals surface area contributed by atoms with Gasteiger partial charge in [0.1, 0.15) is 16.6 Å². The van der Waals surface area contributed by atoms with Crippen LogP contribution in [0.2, 0.25) is 0 Å². The monoisotopic (exact) mass is 344 g/mol. The van der Waals surface area contributed by atoms with Crippen LogP contribution in [0.1, 0.15) is 34.2 Å². The minimum absolute atomic E-state index is 0.183. The SMILES string of the molecule is O=C(c1cc(F)ccc1F)N1CCCC1c1nc2ccccc2s1. The van der Waals surface area contributed by atoms with Crippen molar-refractivity contribution in [2.45, 2.75) is 18.9 Å². The number of amides is 1. The van der Waals surface area contributed by atoms with Crippen molar-refractivity contribution >= 4 is 27.5 Å². The lowest BCUT2D eigenvalue weighted by atomic mass is 10.1. The van der Waals surface area contributed by atoms with Gasteiger partial charge in [-0.1, -0.05) is 12.1 Å². The lowest BCUT2D eigenvalue weighted by molar-refractivity contribution is 0.0730. The summed E-state index contributed by atoms with van der Waals surface area (Å²) in [6, 6.07) is 10.6. The van der Waals surface area contributed by atoms with Crippen molar-refractivity contribution in [3.8, 4) is 0 Å². The van der Waals surface area contributed by atoms with Gasteiger partial charge in [0.15, 0.2) is 0 Å². The molecule has 0 aliphatic carbocycles. The average molecular weight is 344 g/mol. The summed E-state index contributed by atoms with van der Waals surface area (Å²) in [6.45, 7) is 0.523. The molecule has 0 saturated carbocycles. The number of thiazole rings is 1. The second kappa shape index (κ2) is 5.94. The number of para-hydroxylation sites is 1. The molecule has 24 heavy (non-hydrogen) atoms. The second-order valence-corrected chi connectivity index (χ2v) is 6.86. The molecule has 1 unspecified atom stereocenters. The molecule has 1 saturated heterocycles. The number of halogens is 2. The molecule has 2 aromatic carbocycles. The lowest BCUT2D eigenvalue weighted by Crippen LogP contribution is -2.31. The number of carbonyl (C=O) groups is 1. The summed E-state index contributed by atoms with van der Waals surface area (Å²) < 4.78 is 28.4. The Labute approximate surface area is 141 Å². The summed E-state index contributed by atoms with van der Waals surface area (Å²) >= 11 is 1.55. The van der Waals surface area contributed by atoms with Crippen LogP contribution < -0.4 is 0 Å². The van der Waals surface area contributed by atoms with Gasteiger partial charge in [0.2, 0.25) is 0 Å². The minimum Gasteiger partial charge on any atom is -0.329 e. The van der Waals surface area contributed by atoms with E-state index in [-0.39, 0.29) is 11.6 Å². The van der Waals surface area contributed by atoms with Crippen molar-refractivity contribution in [3.05, 3.63) is 64.7 Å². The van der Waals surface area contributed by atoms with E-state index in [1.54, 1.807) is 16.2 Å². The maximum atomic E-state index is 13.9. The summed E-state index contributed by atoms with van der Waals surface area (Å²) in [5, 5.41) is 0.846. The molecule has 0 spiro atoms. The molecule has 122 valence electrons. The normalized spacial score (nSPS) is 17.6. The van der Waals surface area contributed by atoms with E-state index in [9.17, 15) is 13.6 Å². The Hall–Kier alpha value is -2.34. The molecule has 1 aromatic heterocycles. The van der Waals surface area contributed by atoms with Crippen LogP contribution in [0.25, 0.3) is 10.2 Å². The van der Waals surface area contributed by atoms with E-state index in [1.807, 2.05) is 24.3 Å². The van der Waals surface area contributed by atoms with Crippen LogP contribution in [-0.2, 0) is 0 Å². The van der Waals surface area contributed by atoms with Gasteiger partial charge >= 0.3 is 0 Å². The molecule has 0 bridgehead atoms. The van der Waals surface area contributed by atoms with E-state index in [4.69, 9.17) is 0 Å². The predicted molar refractivity (Wildman–Crippen MR) is 89.0 cm³/mol. The van der Waals surface area contributed by atoms with Crippen LogP contribution in [0.3, 0.4) is 0 Å². The number of hydrogen-bond acceptors (Lipinski definition) is 3. The fourth-order valence-electron chi connectivity index (χ4n) is 3.12. The van der Waals surface area contributed by atoms with Crippen LogP contribution in [0.15, 0.2) is 42.5 Å². The minimum atomic E-state index is -0.698. The number of fused-ring (bicyclic) bond motifs is 1. The number of likely N-dealkylation sites (tertiary alicyclic amines) is 1. The van der Waals surface area contributed by atoms with E-state index in [2.05, 4.69) is 4.98 Å². The van der Waals surface area contributed by atoms with E-state index in [0.717, 1.165) is 46.3 Å². The first-order valence-corrected chi connectivity index (χ1v) is 8.56. The Bertz CT molecular complexity index is 891.